The number of nitrogens with zero attached hydrogens (tertiary/aromatic N) is 4. The van der Waals surface area contributed by atoms with Gasteiger partial charge in [0, 0.05) is 35.9 Å². The van der Waals surface area contributed by atoms with Crippen LogP contribution < -0.4 is 5.32 Å². The smallest absolute Gasteiger partial charge is 0.364 e. The molecule has 0 fully saturated rings. The SMILES string of the molecule is CCC1CCc2cnc(C(F)(F)F)cc2N=C1CN1C=CN[C@H]1c1nccs1. The maximum absolute atomic E-state index is 13.1. The van der Waals surface area contributed by atoms with Crippen LogP contribution >= 0.6 is 11.3 Å². The second-order valence-corrected chi connectivity index (χ2v) is 7.80. The van der Waals surface area contributed by atoms with Gasteiger partial charge in [-0.05, 0) is 36.8 Å². The Kier molecular flexibility index (Phi) is 5.09. The third-order valence-electron chi connectivity index (χ3n) is 5.12. The number of pyridine rings is 1. The molecule has 0 radical (unpaired) electrons. The predicted octanol–water partition coefficient (Wildman–Crippen LogP) is 4.68. The highest BCUT2D eigenvalue weighted by atomic mass is 32.1. The van der Waals surface area contributed by atoms with Crippen LogP contribution in [0.15, 0.2) is 41.2 Å². The van der Waals surface area contributed by atoms with Gasteiger partial charge < -0.3 is 10.2 Å². The molecule has 9 heteroatoms. The lowest BCUT2D eigenvalue weighted by molar-refractivity contribution is -0.141. The van der Waals surface area contributed by atoms with E-state index in [1.54, 1.807) is 17.5 Å². The van der Waals surface area contributed by atoms with Crippen molar-refractivity contribution in [1.29, 1.82) is 0 Å². The van der Waals surface area contributed by atoms with Gasteiger partial charge in [-0.1, -0.05) is 6.92 Å². The average molecular weight is 407 g/mol. The van der Waals surface area contributed by atoms with E-state index in [0.29, 0.717) is 18.7 Å². The zero-order valence-corrected chi connectivity index (χ0v) is 16.1. The van der Waals surface area contributed by atoms with Crippen LogP contribution in [0.2, 0.25) is 0 Å². The predicted molar refractivity (Wildman–Crippen MR) is 102 cm³/mol. The maximum Gasteiger partial charge on any atom is 0.433 e. The number of thiazole rings is 1. The van der Waals surface area contributed by atoms with E-state index in [1.807, 2.05) is 17.8 Å². The van der Waals surface area contributed by atoms with E-state index in [2.05, 4.69) is 27.1 Å². The highest BCUT2D eigenvalue weighted by molar-refractivity contribution is 7.09. The number of aryl methyl sites for hydroxylation is 1. The van der Waals surface area contributed by atoms with Crippen LogP contribution in [-0.2, 0) is 12.6 Å². The number of aliphatic imine (C=N–C) groups is 1. The third-order valence-corrected chi connectivity index (χ3v) is 5.95. The largest absolute Gasteiger partial charge is 0.433 e. The zero-order valence-electron chi connectivity index (χ0n) is 15.3. The molecule has 1 unspecified atom stereocenters. The Morgan fingerprint density at radius 3 is 2.89 bits per heavy atom. The number of alkyl halides is 3. The number of hydrogen-bond donors (Lipinski definition) is 1. The maximum atomic E-state index is 13.1. The summed E-state index contributed by atoms with van der Waals surface area (Å²) < 4.78 is 39.3. The summed E-state index contributed by atoms with van der Waals surface area (Å²) in [5.74, 6) is 0.215. The summed E-state index contributed by atoms with van der Waals surface area (Å²) in [5.41, 5.74) is 1.16. The van der Waals surface area contributed by atoms with Crippen LogP contribution in [0, 0.1) is 5.92 Å². The van der Waals surface area contributed by atoms with Crippen molar-refractivity contribution in [2.45, 2.75) is 38.5 Å². The second-order valence-electron chi connectivity index (χ2n) is 6.87. The molecule has 0 aliphatic carbocycles. The van der Waals surface area contributed by atoms with Crippen molar-refractivity contribution in [3.63, 3.8) is 0 Å². The Morgan fingerprint density at radius 1 is 1.32 bits per heavy atom. The Balaban J connectivity index is 1.65. The van der Waals surface area contributed by atoms with Gasteiger partial charge in [-0.2, -0.15) is 13.2 Å². The number of rotatable bonds is 4. The molecule has 28 heavy (non-hydrogen) atoms. The summed E-state index contributed by atoms with van der Waals surface area (Å²) in [6, 6.07) is 1.07. The molecule has 148 valence electrons. The normalized spacial score (nSPS) is 21.9. The van der Waals surface area contributed by atoms with E-state index in [9.17, 15) is 13.2 Å². The molecule has 2 aromatic heterocycles. The Hall–Kier alpha value is -2.42. The summed E-state index contributed by atoms with van der Waals surface area (Å²) in [6.45, 7) is 2.63. The number of halogens is 3. The van der Waals surface area contributed by atoms with Gasteiger partial charge in [-0.3, -0.25) is 9.98 Å². The number of aromatic nitrogens is 2. The van der Waals surface area contributed by atoms with E-state index in [4.69, 9.17) is 4.99 Å². The fourth-order valence-electron chi connectivity index (χ4n) is 3.60. The lowest BCUT2D eigenvalue weighted by Gasteiger charge is -2.27. The first kappa shape index (κ1) is 18.9. The minimum atomic E-state index is -4.47. The second kappa shape index (κ2) is 7.54. The van der Waals surface area contributed by atoms with Crippen LogP contribution in [0.25, 0.3) is 0 Å². The minimum Gasteiger partial charge on any atom is -0.364 e. The molecule has 2 aliphatic rings. The van der Waals surface area contributed by atoms with Crippen molar-refractivity contribution in [3.05, 3.63) is 52.5 Å². The highest BCUT2D eigenvalue weighted by Gasteiger charge is 2.34. The first-order chi connectivity index (χ1) is 13.5. The first-order valence-electron chi connectivity index (χ1n) is 9.17. The quantitative estimate of drug-likeness (QED) is 0.800. The van der Waals surface area contributed by atoms with Crippen molar-refractivity contribution in [2.75, 3.05) is 6.54 Å². The van der Waals surface area contributed by atoms with Crippen molar-refractivity contribution >= 4 is 22.7 Å². The minimum absolute atomic E-state index is 0.0777. The summed E-state index contributed by atoms with van der Waals surface area (Å²) in [7, 11) is 0. The van der Waals surface area contributed by atoms with Crippen molar-refractivity contribution in [1.82, 2.24) is 20.2 Å². The van der Waals surface area contributed by atoms with Crippen LogP contribution in [0.4, 0.5) is 18.9 Å². The molecule has 2 aromatic rings. The first-order valence-corrected chi connectivity index (χ1v) is 10.0. The summed E-state index contributed by atoms with van der Waals surface area (Å²) in [5, 5.41) is 6.14. The van der Waals surface area contributed by atoms with Crippen LogP contribution in [0.1, 0.15) is 42.2 Å². The van der Waals surface area contributed by atoms with Crippen LogP contribution in [0.5, 0.6) is 0 Å². The summed E-state index contributed by atoms with van der Waals surface area (Å²) in [6.07, 6.45) is 4.76. The van der Waals surface area contributed by atoms with Gasteiger partial charge in [0.15, 0.2) is 6.17 Å². The molecule has 0 bridgehead atoms. The molecule has 0 saturated carbocycles. The van der Waals surface area contributed by atoms with Crippen molar-refractivity contribution in [3.8, 4) is 0 Å². The Bertz CT molecular complexity index is 891. The number of fused-ring (bicyclic) bond motifs is 1. The molecule has 0 spiro atoms. The Morgan fingerprint density at radius 2 is 2.18 bits per heavy atom. The highest BCUT2D eigenvalue weighted by Crippen LogP contribution is 2.35. The summed E-state index contributed by atoms with van der Waals surface area (Å²) in [4.78, 5) is 14.8. The molecule has 0 saturated heterocycles. The lowest BCUT2D eigenvalue weighted by Crippen LogP contribution is -2.34. The van der Waals surface area contributed by atoms with Crippen LogP contribution in [-0.4, -0.2) is 27.1 Å². The van der Waals surface area contributed by atoms with Gasteiger partial charge >= 0.3 is 6.18 Å². The third kappa shape index (κ3) is 3.76. The fourth-order valence-corrected chi connectivity index (χ4v) is 4.31. The zero-order chi connectivity index (χ0) is 19.7. The van der Waals surface area contributed by atoms with E-state index in [-0.39, 0.29) is 12.1 Å². The lowest BCUT2D eigenvalue weighted by atomic mass is 9.93. The van der Waals surface area contributed by atoms with Gasteiger partial charge in [-0.15, -0.1) is 11.3 Å². The number of nitrogens with one attached hydrogen (secondary N) is 1. The topological polar surface area (TPSA) is 53.4 Å². The monoisotopic (exact) mass is 407 g/mol. The van der Waals surface area contributed by atoms with Crippen LogP contribution in [0.3, 0.4) is 0 Å². The van der Waals surface area contributed by atoms with Gasteiger partial charge in [0.25, 0.3) is 0 Å². The molecule has 4 heterocycles. The molecular formula is C19H20F3N5S. The molecular weight excluding hydrogens is 387 g/mol. The molecule has 0 amide bonds. The average Bonchev–Trinajstić information content (AvgIpc) is 3.30. The van der Waals surface area contributed by atoms with Gasteiger partial charge in [-0.25, -0.2) is 4.98 Å². The van der Waals surface area contributed by atoms with Gasteiger partial charge in [0.2, 0.25) is 0 Å². The molecule has 2 atom stereocenters. The summed E-state index contributed by atoms with van der Waals surface area (Å²) >= 11 is 1.56. The molecule has 2 aliphatic heterocycles. The molecule has 1 N–H and O–H groups in total. The fraction of sp³-hybridized carbons (Fsp3) is 0.421. The van der Waals surface area contributed by atoms with E-state index in [0.717, 1.165) is 35.2 Å². The van der Waals surface area contributed by atoms with E-state index in [1.165, 1.54) is 6.20 Å². The van der Waals surface area contributed by atoms with Crippen molar-refractivity contribution < 1.29 is 13.2 Å². The Labute approximate surface area is 165 Å². The molecule has 4 rings (SSSR count). The van der Waals surface area contributed by atoms with Crippen molar-refractivity contribution in [2.24, 2.45) is 10.9 Å². The molecule has 5 nitrogen and oxygen atoms in total. The van der Waals surface area contributed by atoms with Gasteiger partial charge in [0.05, 0.1) is 12.2 Å². The molecule has 0 aromatic carbocycles. The van der Waals surface area contributed by atoms with E-state index < -0.39 is 11.9 Å². The number of hydrogen-bond acceptors (Lipinski definition) is 6. The standard InChI is InChI=1S/C19H20F3N5S/c1-2-12-3-4-13-10-25-16(19(20,21)22)9-14(13)26-15(12)11-27-7-5-23-17(27)18-24-6-8-28-18/h5-10,12,17,23H,2-4,11H2,1H3/t12?,17-/m1/s1. The van der Waals surface area contributed by atoms with E-state index >= 15 is 0 Å². The van der Waals surface area contributed by atoms with Gasteiger partial charge in [0.1, 0.15) is 10.7 Å².